The van der Waals surface area contributed by atoms with Gasteiger partial charge in [-0.3, -0.25) is 4.68 Å². The molecule has 1 aliphatic rings. The first-order chi connectivity index (χ1) is 16.3. The second-order valence-corrected chi connectivity index (χ2v) is 9.02. The Morgan fingerprint density at radius 1 is 1.32 bits per heavy atom. The number of hydrogen-bond donors (Lipinski definition) is 2. The molecular weight excluding hydrogens is 442 g/mol. The lowest BCUT2D eigenvalue weighted by atomic mass is 9.90. The number of nitrogens with zero attached hydrogens (tertiary/aromatic N) is 5. The van der Waals surface area contributed by atoms with Crippen LogP contribution in [0.15, 0.2) is 52.9 Å². The number of alkyl halides is 1. The van der Waals surface area contributed by atoms with Crippen LogP contribution in [-0.2, 0) is 6.54 Å². The molecule has 1 aliphatic carbocycles. The summed E-state index contributed by atoms with van der Waals surface area (Å²) in [7, 11) is 0. The van der Waals surface area contributed by atoms with Gasteiger partial charge in [0.05, 0.1) is 31.1 Å². The van der Waals surface area contributed by atoms with E-state index >= 15 is 4.39 Å². The second-order valence-electron chi connectivity index (χ2n) is 9.02. The lowest BCUT2D eigenvalue weighted by Gasteiger charge is -2.25. The van der Waals surface area contributed by atoms with Crippen LogP contribution in [0, 0.1) is 11.7 Å². The molecule has 0 radical (unpaired) electrons. The minimum atomic E-state index is -1.50. The Labute approximate surface area is 196 Å². The summed E-state index contributed by atoms with van der Waals surface area (Å²) in [6.45, 7) is 5.60. The lowest BCUT2D eigenvalue weighted by molar-refractivity contribution is 0.230. The van der Waals surface area contributed by atoms with Gasteiger partial charge in [0.1, 0.15) is 23.3 Å². The Bertz CT molecular complexity index is 1180. The van der Waals surface area contributed by atoms with E-state index in [1.165, 1.54) is 13.2 Å². The van der Waals surface area contributed by atoms with Crippen molar-refractivity contribution in [2.45, 2.75) is 51.9 Å². The minimum absolute atomic E-state index is 0.0151. The summed E-state index contributed by atoms with van der Waals surface area (Å²) in [5, 5.41) is 21.2. The summed E-state index contributed by atoms with van der Waals surface area (Å²) in [5.74, 6) is -0.151. The molecule has 0 bridgehead atoms. The first-order valence-corrected chi connectivity index (χ1v) is 11.2. The van der Waals surface area contributed by atoms with Gasteiger partial charge in [-0.1, -0.05) is 37.2 Å². The average Bonchev–Trinajstić information content (AvgIpc) is 3.46. The number of aromatic nitrogens is 5. The predicted molar refractivity (Wildman–Crippen MR) is 124 cm³/mol. The molecule has 4 rings (SSSR count). The molecule has 180 valence electrons. The normalized spacial score (nSPS) is 18.9. The van der Waals surface area contributed by atoms with Crippen LogP contribution in [0.1, 0.15) is 33.6 Å². The van der Waals surface area contributed by atoms with E-state index < -0.39 is 11.5 Å². The van der Waals surface area contributed by atoms with Gasteiger partial charge in [0.15, 0.2) is 17.5 Å². The smallest absolute Gasteiger partial charge is 0.183 e. The largest absolute Gasteiger partial charge is 0.394 e. The number of anilines is 1. The molecule has 1 unspecified atom stereocenters. The molecule has 0 saturated carbocycles. The maximum absolute atomic E-state index is 15.1. The standard InChI is InChI=1S/C24H28F2N6O2/c1-15(2)10-17(14-33)28-22-18(25)12-27-23(29-22)20-11-21(19-7-9-34-31-19)32(30-20)13-16-6-4-5-8-24(16,3)26/h4-7,9,11-12,15,17,33H,8,10,13-14H2,1-3H3,(H,27,28,29)/t17-,24?/m1/s1. The highest BCUT2D eigenvalue weighted by Crippen LogP contribution is 2.32. The Kier molecular flexibility index (Phi) is 6.87. The number of halogens is 2. The van der Waals surface area contributed by atoms with Gasteiger partial charge in [-0.05, 0) is 30.9 Å². The van der Waals surface area contributed by atoms with Crippen LogP contribution in [0.2, 0.25) is 0 Å². The van der Waals surface area contributed by atoms with E-state index in [-0.39, 0.29) is 37.3 Å². The van der Waals surface area contributed by atoms with Crippen LogP contribution < -0.4 is 5.32 Å². The third-order valence-electron chi connectivity index (χ3n) is 5.69. The average molecular weight is 471 g/mol. The number of nitrogens with one attached hydrogen (secondary N) is 1. The topological polar surface area (TPSA) is 102 Å². The molecule has 3 aromatic heterocycles. The van der Waals surface area contributed by atoms with Gasteiger partial charge < -0.3 is 14.9 Å². The number of aliphatic hydroxyl groups is 1. The van der Waals surface area contributed by atoms with Gasteiger partial charge in [0.25, 0.3) is 0 Å². The van der Waals surface area contributed by atoms with Crippen molar-refractivity contribution >= 4 is 5.82 Å². The zero-order valence-electron chi connectivity index (χ0n) is 19.4. The predicted octanol–water partition coefficient (Wildman–Crippen LogP) is 4.57. The molecule has 0 amide bonds. The van der Waals surface area contributed by atoms with E-state index in [1.54, 1.807) is 29.0 Å². The molecule has 0 fully saturated rings. The number of rotatable bonds is 9. The monoisotopic (exact) mass is 470 g/mol. The van der Waals surface area contributed by atoms with Crippen LogP contribution >= 0.6 is 0 Å². The SMILES string of the molecule is CC(C)C[C@H](CO)Nc1nc(-c2cc(-c3ccon3)n(CC3=CC=CCC3(C)F)n2)ncc1F. The molecule has 0 aliphatic heterocycles. The van der Waals surface area contributed by atoms with Gasteiger partial charge in [-0.25, -0.2) is 18.7 Å². The van der Waals surface area contributed by atoms with Gasteiger partial charge in [-0.15, -0.1) is 0 Å². The van der Waals surface area contributed by atoms with E-state index in [9.17, 15) is 9.50 Å². The van der Waals surface area contributed by atoms with Crippen LogP contribution in [-0.4, -0.2) is 48.3 Å². The lowest BCUT2D eigenvalue weighted by Crippen LogP contribution is -2.27. The van der Waals surface area contributed by atoms with Crippen molar-refractivity contribution in [3.63, 3.8) is 0 Å². The number of aliphatic hydroxyl groups excluding tert-OH is 1. The van der Waals surface area contributed by atoms with Gasteiger partial charge >= 0.3 is 0 Å². The molecule has 34 heavy (non-hydrogen) atoms. The Morgan fingerprint density at radius 2 is 2.15 bits per heavy atom. The molecule has 0 saturated heterocycles. The summed E-state index contributed by atoms with van der Waals surface area (Å²) >= 11 is 0. The minimum Gasteiger partial charge on any atom is -0.394 e. The zero-order valence-corrected chi connectivity index (χ0v) is 19.4. The number of hydrogen-bond acceptors (Lipinski definition) is 7. The van der Waals surface area contributed by atoms with Crippen LogP contribution in [0.5, 0.6) is 0 Å². The van der Waals surface area contributed by atoms with Crippen molar-refractivity contribution in [1.82, 2.24) is 24.9 Å². The Balaban J connectivity index is 1.69. The molecule has 8 nitrogen and oxygen atoms in total. The van der Waals surface area contributed by atoms with Crippen LogP contribution in [0.3, 0.4) is 0 Å². The van der Waals surface area contributed by atoms with E-state index in [4.69, 9.17) is 4.52 Å². The van der Waals surface area contributed by atoms with Gasteiger partial charge in [0.2, 0.25) is 0 Å². The van der Waals surface area contributed by atoms with E-state index in [0.29, 0.717) is 35.0 Å². The van der Waals surface area contributed by atoms with E-state index in [0.717, 1.165) is 6.20 Å². The summed E-state index contributed by atoms with van der Waals surface area (Å²) < 4.78 is 36.1. The molecule has 0 spiro atoms. The first-order valence-electron chi connectivity index (χ1n) is 11.2. The van der Waals surface area contributed by atoms with Crippen molar-refractivity contribution in [1.29, 1.82) is 0 Å². The fraction of sp³-hybridized carbons (Fsp3) is 0.417. The summed E-state index contributed by atoms with van der Waals surface area (Å²) in [5.41, 5.74) is 0.546. The summed E-state index contributed by atoms with van der Waals surface area (Å²) in [6, 6.07) is 3.03. The quantitative estimate of drug-likeness (QED) is 0.472. The Hall–Kier alpha value is -3.40. The highest BCUT2D eigenvalue weighted by molar-refractivity contribution is 5.63. The highest BCUT2D eigenvalue weighted by atomic mass is 19.1. The highest BCUT2D eigenvalue weighted by Gasteiger charge is 2.30. The van der Waals surface area contributed by atoms with Gasteiger partial charge in [-0.2, -0.15) is 5.10 Å². The fourth-order valence-electron chi connectivity index (χ4n) is 3.89. The fourth-order valence-corrected chi connectivity index (χ4v) is 3.89. The molecular formula is C24H28F2N6O2. The molecule has 2 atom stereocenters. The molecule has 3 heterocycles. The maximum Gasteiger partial charge on any atom is 0.183 e. The van der Waals surface area contributed by atoms with Crippen LogP contribution in [0.25, 0.3) is 22.9 Å². The van der Waals surface area contributed by atoms with Crippen molar-refractivity contribution in [2.75, 3.05) is 11.9 Å². The van der Waals surface area contributed by atoms with Crippen molar-refractivity contribution in [2.24, 2.45) is 5.92 Å². The van der Waals surface area contributed by atoms with E-state index in [2.05, 4.69) is 25.5 Å². The van der Waals surface area contributed by atoms with Crippen molar-refractivity contribution < 1.29 is 18.4 Å². The molecule has 10 heteroatoms. The third kappa shape index (κ3) is 5.22. The van der Waals surface area contributed by atoms with E-state index in [1.807, 2.05) is 19.9 Å². The summed E-state index contributed by atoms with van der Waals surface area (Å²) in [4.78, 5) is 8.43. The maximum atomic E-state index is 15.1. The molecule has 2 N–H and O–H groups in total. The zero-order chi connectivity index (χ0) is 24.3. The number of allylic oxidation sites excluding steroid dienone is 4. The van der Waals surface area contributed by atoms with Crippen molar-refractivity contribution in [3.05, 3.63) is 54.2 Å². The Morgan fingerprint density at radius 3 is 2.82 bits per heavy atom. The third-order valence-corrected chi connectivity index (χ3v) is 5.69. The van der Waals surface area contributed by atoms with Crippen LogP contribution in [0.4, 0.5) is 14.6 Å². The summed E-state index contributed by atoms with van der Waals surface area (Å²) in [6.07, 6.45) is 8.79. The second kappa shape index (κ2) is 9.84. The molecule has 3 aromatic rings. The van der Waals surface area contributed by atoms with Gasteiger partial charge in [0, 0.05) is 12.5 Å². The molecule has 0 aromatic carbocycles. The first kappa shape index (κ1) is 23.7. The van der Waals surface area contributed by atoms with Crippen molar-refractivity contribution in [3.8, 4) is 22.9 Å².